The minimum Gasteiger partial charge on any atom is -0.0991 e. The van der Waals surface area contributed by atoms with Gasteiger partial charge in [-0.1, -0.05) is 167 Å². The molecule has 0 nitrogen and oxygen atoms in total. The fraction of sp³-hybridized carbons (Fsp3) is 0.310. The highest BCUT2D eigenvalue weighted by atomic mass is 13.9. The average molecular weight is 389 g/mol. The lowest BCUT2D eigenvalue weighted by Gasteiger charge is -1.98. The minimum atomic E-state index is 1.19. The van der Waals surface area contributed by atoms with Crippen LogP contribution in [0.5, 0.6) is 0 Å². The van der Waals surface area contributed by atoms with E-state index in [-0.39, 0.29) is 0 Å². The first-order chi connectivity index (χ1) is 14.4. The Morgan fingerprint density at radius 2 is 0.759 bits per heavy atom. The Hall–Kier alpha value is -2.60. The van der Waals surface area contributed by atoms with Crippen molar-refractivity contribution in [3.8, 4) is 0 Å². The van der Waals surface area contributed by atoms with Crippen molar-refractivity contribution in [2.75, 3.05) is 0 Å². The number of allylic oxidation sites excluding steroid dienone is 19. The molecular formula is C29H40. The Bertz CT molecular complexity index is 612. The molecule has 0 N–H and O–H groups in total. The van der Waals surface area contributed by atoms with Crippen LogP contribution in [0.2, 0.25) is 0 Å². The van der Waals surface area contributed by atoms with Crippen LogP contribution < -0.4 is 0 Å². The largest absolute Gasteiger partial charge is 0.0991 e. The van der Waals surface area contributed by atoms with Crippen molar-refractivity contribution in [1.82, 2.24) is 0 Å². The van der Waals surface area contributed by atoms with Gasteiger partial charge in [-0.2, -0.15) is 0 Å². The molecule has 0 aliphatic rings. The van der Waals surface area contributed by atoms with Crippen LogP contribution in [0.1, 0.15) is 58.3 Å². The summed E-state index contributed by atoms with van der Waals surface area (Å²) in [6, 6.07) is 0. The molecule has 0 saturated heterocycles. The van der Waals surface area contributed by atoms with Gasteiger partial charge < -0.3 is 0 Å². The standard InChI is InChI=1S/C29H40/c1-3-5-7-9-11-13-15-17-19-21-23-25-27-29-28-26-24-22-20-18-16-14-12-10-8-6-4-2/h3,5,7,9,11,13,15,17,19-29H,1,4,6,8,10,12,14,16,18H2,2H3. The maximum Gasteiger partial charge on any atom is -0.0348 e. The molecule has 0 fully saturated rings. The summed E-state index contributed by atoms with van der Waals surface area (Å²) in [5.41, 5.74) is 0. The van der Waals surface area contributed by atoms with Crippen molar-refractivity contribution in [2.24, 2.45) is 0 Å². The van der Waals surface area contributed by atoms with Crippen molar-refractivity contribution in [2.45, 2.75) is 58.3 Å². The predicted octanol–water partition coefficient (Wildman–Crippen LogP) is 9.32. The molecule has 0 bridgehead atoms. The van der Waals surface area contributed by atoms with Gasteiger partial charge in [-0.05, 0) is 12.8 Å². The van der Waals surface area contributed by atoms with Crippen LogP contribution in [0.4, 0.5) is 0 Å². The average Bonchev–Trinajstić information content (AvgIpc) is 2.74. The first kappa shape index (κ1) is 26.4. The molecule has 0 heteroatoms. The van der Waals surface area contributed by atoms with E-state index in [9.17, 15) is 0 Å². The maximum atomic E-state index is 3.62. The highest BCUT2D eigenvalue weighted by Gasteiger charge is 1.88. The smallest absolute Gasteiger partial charge is 0.0348 e. The van der Waals surface area contributed by atoms with Gasteiger partial charge in [0.05, 0.1) is 0 Å². The lowest BCUT2D eigenvalue weighted by atomic mass is 10.1. The summed E-state index contributed by atoms with van der Waals surface area (Å²) in [6.07, 6.45) is 49.1. The molecular weight excluding hydrogens is 348 g/mol. The SMILES string of the molecule is C=CC=CC=CC=CC=CC=CC=CC=CC=CC=CCCCCCCCCC. The summed E-state index contributed by atoms with van der Waals surface area (Å²) >= 11 is 0. The molecule has 0 rings (SSSR count). The Balaban J connectivity index is 3.70. The van der Waals surface area contributed by atoms with Crippen LogP contribution in [-0.4, -0.2) is 0 Å². The van der Waals surface area contributed by atoms with Gasteiger partial charge in [-0.3, -0.25) is 0 Å². The molecule has 0 unspecified atom stereocenters. The molecule has 29 heavy (non-hydrogen) atoms. The molecule has 156 valence electrons. The summed E-state index contributed by atoms with van der Waals surface area (Å²) in [4.78, 5) is 0. The topological polar surface area (TPSA) is 0 Å². The number of hydrogen-bond acceptors (Lipinski definition) is 0. The molecule has 0 aromatic heterocycles. The molecule has 0 spiro atoms. The van der Waals surface area contributed by atoms with Gasteiger partial charge in [0.1, 0.15) is 0 Å². The van der Waals surface area contributed by atoms with E-state index in [1.807, 2.05) is 85.1 Å². The van der Waals surface area contributed by atoms with Gasteiger partial charge >= 0.3 is 0 Å². The van der Waals surface area contributed by atoms with Crippen molar-refractivity contribution in [1.29, 1.82) is 0 Å². The molecule has 0 heterocycles. The van der Waals surface area contributed by atoms with Gasteiger partial charge in [0.2, 0.25) is 0 Å². The first-order valence-electron chi connectivity index (χ1n) is 11.0. The maximum absolute atomic E-state index is 3.62. The van der Waals surface area contributed by atoms with Crippen LogP contribution in [0, 0.1) is 0 Å². The fourth-order valence-corrected chi connectivity index (χ4v) is 2.43. The molecule has 0 saturated carbocycles. The normalized spacial score (nSPS) is 13.7. The zero-order valence-electron chi connectivity index (χ0n) is 18.3. The van der Waals surface area contributed by atoms with E-state index in [0.717, 1.165) is 0 Å². The van der Waals surface area contributed by atoms with Gasteiger partial charge in [0.25, 0.3) is 0 Å². The monoisotopic (exact) mass is 388 g/mol. The first-order valence-corrected chi connectivity index (χ1v) is 11.0. The third-order valence-electron chi connectivity index (χ3n) is 4.02. The van der Waals surface area contributed by atoms with Crippen LogP contribution in [0.25, 0.3) is 0 Å². The van der Waals surface area contributed by atoms with Gasteiger partial charge in [-0.15, -0.1) is 0 Å². The molecule has 0 radical (unpaired) electrons. The van der Waals surface area contributed by atoms with Crippen LogP contribution in [0.3, 0.4) is 0 Å². The molecule has 0 atom stereocenters. The summed E-state index contributed by atoms with van der Waals surface area (Å²) in [5.74, 6) is 0. The van der Waals surface area contributed by atoms with E-state index in [2.05, 4.69) is 37.8 Å². The molecule has 0 aliphatic carbocycles. The van der Waals surface area contributed by atoms with Gasteiger partial charge in [0, 0.05) is 0 Å². The van der Waals surface area contributed by atoms with E-state index in [0.29, 0.717) is 0 Å². The summed E-state index contributed by atoms with van der Waals surface area (Å²) < 4.78 is 0. The van der Waals surface area contributed by atoms with Crippen LogP contribution in [0.15, 0.2) is 122 Å². The summed E-state index contributed by atoms with van der Waals surface area (Å²) in [6.45, 7) is 5.89. The summed E-state index contributed by atoms with van der Waals surface area (Å²) in [7, 11) is 0. The molecule has 0 aromatic carbocycles. The Labute approximate surface area is 180 Å². The minimum absolute atomic E-state index is 1.19. The van der Waals surface area contributed by atoms with E-state index < -0.39 is 0 Å². The predicted molar refractivity (Wildman–Crippen MR) is 135 cm³/mol. The Kier molecular flexibility index (Phi) is 23.1. The van der Waals surface area contributed by atoms with Gasteiger partial charge in [0.15, 0.2) is 0 Å². The Morgan fingerprint density at radius 1 is 0.414 bits per heavy atom. The van der Waals surface area contributed by atoms with Crippen LogP contribution >= 0.6 is 0 Å². The lowest BCUT2D eigenvalue weighted by molar-refractivity contribution is 0.592. The second-order valence-electron chi connectivity index (χ2n) is 6.65. The van der Waals surface area contributed by atoms with Crippen LogP contribution in [-0.2, 0) is 0 Å². The van der Waals surface area contributed by atoms with Crippen molar-refractivity contribution in [3.05, 3.63) is 122 Å². The van der Waals surface area contributed by atoms with E-state index in [1.165, 1.54) is 51.4 Å². The zero-order valence-corrected chi connectivity index (χ0v) is 18.3. The highest BCUT2D eigenvalue weighted by Crippen LogP contribution is 2.08. The molecule has 0 aromatic rings. The highest BCUT2D eigenvalue weighted by molar-refractivity contribution is 5.22. The zero-order chi connectivity index (χ0) is 21.1. The third-order valence-corrected chi connectivity index (χ3v) is 4.02. The number of hydrogen-bond donors (Lipinski definition) is 0. The Morgan fingerprint density at radius 3 is 1.17 bits per heavy atom. The van der Waals surface area contributed by atoms with Crippen molar-refractivity contribution < 1.29 is 0 Å². The lowest BCUT2D eigenvalue weighted by Crippen LogP contribution is -1.78. The van der Waals surface area contributed by atoms with Crippen molar-refractivity contribution >= 4 is 0 Å². The summed E-state index contributed by atoms with van der Waals surface area (Å²) in [5, 5.41) is 0. The van der Waals surface area contributed by atoms with E-state index in [4.69, 9.17) is 0 Å². The molecule has 0 amide bonds. The van der Waals surface area contributed by atoms with E-state index in [1.54, 1.807) is 6.08 Å². The fourth-order valence-electron chi connectivity index (χ4n) is 2.43. The molecule has 0 aliphatic heterocycles. The second kappa shape index (κ2) is 25.4. The van der Waals surface area contributed by atoms with Crippen molar-refractivity contribution in [3.63, 3.8) is 0 Å². The second-order valence-corrected chi connectivity index (χ2v) is 6.65. The number of unbranched alkanes of at least 4 members (excludes halogenated alkanes) is 7. The van der Waals surface area contributed by atoms with Gasteiger partial charge in [-0.25, -0.2) is 0 Å². The number of rotatable bonds is 17. The van der Waals surface area contributed by atoms with E-state index >= 15 is 0 Å². The quantitative estimate of drug-likeness (QED) is 0.172. The third kappa shape index (κ3) is 25.4.